The Labute approximate surface area is 95.9 Å². The third-order valence-corrected chi connectivity index (χ3v) is 2.64. The quantitative estimate of drug-likeness (QED) is 0.422. The second-order valence-corrected chi connectivity index (χ2v) is 3.77. The molecule has 0 spiro atoms. The van der Waals surface area contributed by atoms with Gasteiger partial charge in [-0.2, -0.15) is 4.98 Å². The Balaban J connectivity index is 2.32. The van der Waals surface area contributed by atoms with Gasteiger partial charge in [0.2, 0.25) is 0 Å². The van der Waals surface area contributed by atoms with Gasteiger partial charge in [-0.1, -0.05) is 0 Å². The number of aliphatic hydroxyl groups is 3. The molecule has 1 aliphatic rings. The Morgan fingerprint density at radius 1 is 1.47 bits per heavy atom. The number of aliphatic hydroxyl groups excluding tert-OH is 3. The van der Waals surface area contributed by atoms with Crippen molar-refractivity contribution in [1.29, 1.82) is 0 Å². The average molecular weight is 246 g/mol. The molecule has 0 bridgehead atoms. The summed E-state index contributed by atoms with van der Waals surface area (Å²) in [4.78, 5) is 15.0. The SMILES string of the molecule is [15NH2]c1cc[15n]([C@@H]2O[C@H](CO)[C@@H](O)[C@H]2O)c(=O)[15n]1. The van der Waals surface area contributed by atoms with Crippen LogP contribution in [0.3, 0.4) is 0 Å². The molecule has 8 heteroatoms. The Bertz CT molecular complexity index is 462. The molecule has 0 saturated carbocycles. The van der Waals surface area contributed by atoms with Crippen LogP contribution in [-0.4, -0.2) is 49.8 Å². The fraction of sp³-hybridized carbons (Fsp3) is 0.556. The van der Waals surface area contributed by atoms with Gasteiger partial charge in [0.1, 0.15) is 24.1 Å². The van der Waals surface area contributed by atoms with Crippen molar-refractivity contribution < 1.29 is 20.1 Å². The van der Waals surface area contributed by atoms with Gasteiger partial charge < -0.3 is 25.8 Å². The van der Waals surface area contributed by atoms with Gasteiger partial charge >= 0.3 is 5.69 Å². The van der Waals surface area contributed by atoms with Gasteiger partial charge in [-0.3, -0.25) is 4.57 Å². The van der Waals surface area contributed by atoms with Crippen molar-refractivity contribution in [2.45, 2.75) is 24.5 Å². The molecular weight excluding hydrogens is 233 g/mol. The summed E-state index contributed by atoms with van der Waals surface area (Å²) in [5.41, 5.74) is 4.63. The molecule has 5 N–H and O–H groups in total. The number of anilines is 1. The number of nitrogen functional groups attached to an aromatic ring is 1. The predicted octanol–water partition coefficient (Wildman–Crippen LogP) is -2.56. The largest absolute Gasteiger partial charge is 0.394 e. The normalized spacial score (nSPS) is 32.9. The minimum Gasteiger partial charge on any atom is -0.394 e. The van der Waals surface area contributed by atoms with Crippen LogP contribution < -0.4 is 11.4 Å². The monoisotopic (exact) mass is 246 g/mol. The number of rotatable bonds is 2. The van der Waals surface area contributed by atoms with E-state index in [1.165, 1.54) is 12.3 Å². The molecule has 0 amide bonds. The minimum atomic E-state index is -1.31. The van der Waals surface area contributed by atoms with E-state index in [9.17, 15) is 15.0 Å². The van der Waals surface area contributed by atoms with Gasteiger partial charge in [-0.15, -0.1) is 0 Å². The summed E-state index contributed by atoms with van der Waals surface area (Å²) in [6.07, 6.45) is -3.27. The van der Waals surface area contributed by atoms with Crippen LogP contribution in [0.25, 0.3) is 0 Å². The molecule has 0 radical (unpaired) electrons. The van der Waals surface area contributed by atoms with Crippen molar-refractivity contribution in [3.8, 4) is 0 Å². The van der Waals surface area contributed by atoms with Crippen LogP contribution in [0.4, 0.5) is 5.82 Å². The van der Waals surface area contributed by atoms with Crippen LogP contribution in [0.15, 0.2) is 17.1 Å². The Hall–Kier alpha value is -1.48. The molecule has 0 aromatic carbocycles. The summed E-state index contributed by atoms with van der Waals surface area (Å²) in [6.45, 7) is -0.453. The number of nitrogens with zero attached hydrogens (tertiary/aromatic N) is 2. The first kappa shape index (κ1) is 12.0. The molecule has 1 aromatic rings. The second kappa shape index (κ2) is 4.41. The summed E-state index contributed by atoms with van der Waals surface area (Å²) in [5.74, 6) is 0.0537. The van der Waals surface area contributed by atoms with E-state index in [1.54, 1.807) is 0 Å². The maximum atomic E-state index is 11.5. The van der Waals surface area contributed by atoms with Gasteiger partial charge in [-0.25, -0.2) is 4.79 Å². The fourth-order valence-corrected chi connectivity index (χ4v) is 1.73. The van der Waals surface area contributed by atoms with E-state index in [0.29, 0.717) is 0 Å². The van der Waals surface area contributed by atoms with Gasteiger partial charge in [0.05, 0.1) is 6.61 Å². The third kappa shape index (κ3) is 2.03. The van der Waals surface area contributed by atoms with Crippen LogP contribution in [0.1, 0.15) is 6.23 Å². The van der Waals surface area contributed by atoms with Gasteiger partial charge in [0, 0.05) is 6.20 Å². The van der Waals surface area contributed by atoms with E-state index in [2.05, 4.69) is 4.98 Å². The van der Waals surface area contributed by atoms with Gasteiger partial charge in [-0.05, 0) is 6.07 Å². The van der Waals surface area contributed by atoms with Crippen LogP contribution in [-0.2, 0) is 4.74 Å². The summed E-state index contributed by atoms with van der Waals surface area (Å²) >= 11 is 0. The molecule has 0 unspecified atom stereocenters. The van der Waals surface area contributed by atoms with Crippen molar-refractivity contribution in [3.63, 3.8) is 0 Å². The smallest absolute Gasteiger partial charge is 0.351 e. The Morgan fingerprint density at radius 2 is 2.18 bits per heavy atom. The van der Waals surface area contributed by atoms with Crippen molar-refractivity contribution in [1.82, 2.24) is 9.55 Å². The van der Waals surface area contributed by atoms with Crippen molar-refractivity contribution in [2.24, 2.45) is 0 Å². The topological polar surface area (TPSA) is 131 Å². The number of hydrogen-bond acceptors (Lipinski definition) is 7. The summed E-state index contributed by atoms with van der Waals surface area (Å²) < 4.78 is 6.19. The first-order valence-corrected chi connectivity index (χ1v) is 5.01. The van der Waals surface area contributed by atoms with Crippen molar-refractivity contribution in [3.05, 3.63) is 22.7 Å². The number of hydrogen-bond donors (Lipinski definition) is 4. The molecule has 0 aliphatic carbocycles. The zero-order chi connectivity index (χ0) is 12.6. The molecule has 17 heavy (non-hydrogen) atoms. The summed E-state index contributed by atoms with van der Waals surface area (Å²) in [5, 5.41) is 28.2. The molecule has 94 valence electrons. The zero-order valence-electron chi connectivity index (χ0n) is 8.80. The lowest BCUT2D eigenvalue weighted by Gasteiger charge is -2.16. The van der Waals surface area contributed by atoms with E-state index >= 15 is 0 Å². The van der Waals surface area contributed by atoms with E-state index in [0.717, 1.165) is 4.57 Å². The third-order valence-electron chi connectivity index (χ3n) is 2.64. The summed E-state index contributed by atoms with van der Waals surface area (Å²) in [6, 6.07) is 1.37. The molecule has 4 atom stereocenters. The maximum Gasteiger partial charge on any atom is 0.351 e. The number of nitrogens with two attached hydrogens (primary N) is 1. The first-order chi connectivity index (χ1) is 8.04. The van der Waals surface area contributed by atoms with Crippen LogP contribution in [0, 0.1) is 0 Å². The van der Waals surface area contributed by atoms with Gasteiger partial charge in [0.15, 0.2) is 6.23 Å². The Morgan fingerprint density at radius 3 is 2.71 bits per heavy atom. The van der Waals surface area contributed by atoms with Crippen molar-refractivity contribution in [2.75, 3.05) is 12.3 Å². The van der Waals surface area contributed by atoms with Crippen LogP contribution >= 0.6 is 0 Å². The fourth-order valence-electron chi connectivity index (χ4n) is 1.73. The highest BCUT2D eigenvalue weighted by Crippen LogP contribution is 2.27. The van der Waals surface area contributed by atoms with Crippen LogP contribution in [0.5, 0.6) is 0 Å². The highest BCUT2D eigenvalue weighted by Gasteiger charge is 2.43. The minimum absolute atomic E-state index is 0.0537. The molecule has 1 fully saturated rings. The zero-order valence-corrected chi connectivity index (χ0v) is 8.80. The standard InChI is InChI=1S/C9H13N3O5/c10-5-1-2-12(9(16)11-5)8-7(15)6(14)4(3-13)17-8/h1-2,4,6-8,13-15H,3H2,(H2,10,11,16)/t4-,6-,7-,8-/m1/s1/i10+1,11+1,12+1. The first-order valence-electron chi connectivity index (χ1n) is 5.01. The molecule has 8 nitrogen and oxygen atoms in total. The molecule has 1 aromatic heterocycles. The molecule has 2 rings (SSSR count). The van der Waals surface area contributed by atoms with E-state index < -0.39 is 36.8 Å². The highest BCUT2D eigenvalue weighted by molar-refractivity contribution is 5.23. The number of ether oxygens (including phenoxy) is 1. The number of aromatic nitrogens is 2. The maximum absolute atomic E-state index is 11.5. The molecule has 1 saturated heterocycles. The Kier molecular flexibility index (Phi) is 3.11. The lowest BCUT2D eigenvalue weighted by Crippen LogP contribution is -2.36. The molecular formula is C9H13N3O5. The summed E-state index contributed by atoms with van der Waals surface area (Å²) in [7, 11) is 0. The predicted molar refractivity (Wildman–Crippen MR) is 55.9 cm³/mol. The lowest BCUT2D eigenvalue weighted by molar-refractivity contribution is -0.0549. The van der Waals surface area contributed by atoms with Crippen molar-refractivity contribution >= 4 is 5.82 Å². The van der Waals surface area contributed by atoms with E-state index in [-0.39, 0.29) is 5.82 Å². The van der Waals surface area contributed by atoms with E-state index in [1.807, 2.05) is 0 Å². The highest BCUT2D eigenvalue weighted by atomic mass is 16.6. The molecule has 2 heterocycles. The lowest BCUT2D eigenvalue weighted by atomic mass is 10.1. The van der Waals surface area contributed by atoms with Crippen LogP contribution in [0.2, 0.25) is 0 Å². The molecule has 1 aliphatic heterocycles. The average Bonchev–Trinajstić information content (AvgIpc) is 2.57. The van der Waals surface area contributed by atoms with Gasteiger partial charge in [0.25, 0.3) is 0 Å². The second-order valence-electron chi connectivity index (χ2n) is 3.77. The van der Waals surface area contributed by atoms with E-state index in [4.69, 9.17) is 15.6 Å².